The Morgan fingerprint density at radius 2 is 2.06 bits per heavy atom. The van der Waals surface area contributed by atoms with Gasteiger partial charge in [-0.05, 0) is 50.3 Å². The van der Waals surface area contributed by atoms with Crippen LogP contribution >= 0.6 is 0 Å². The fourth-order valence-corrected chi connectivity index (χ4v) is 5.18. The van der Waals surface area contributed by atoms with Gasteiger partial charge in [0.1, 0.15) is 0 Å². The summed E-state index contributed by atoms with van der Waals surface area (Å²) in [4.78, 5) is 16.6. The summed E-state index contributed by atoms with van der Waals surface area (Å²) in [6.45, 7) is 6.63. The number of nitrogens with zero attached hydrogens (tertiary/aromatic N) is 3. The molecule has 0 bridgehead atoms. The van der Waals surface area contributed by atoms with Crippen molar-refractivity contribution in [1.29, 1.82) is 0 Å². The summed E-state index contributed by atoms with van der Waals surface area (Å²) in [5, 5.41) is 5.37. The number of carbonyl (C=O) groups excluding carboxylic acids is 1. The second-order valence-electron chi connectivity index (χ2n) is 9.61. The van der Waals surface area contributed by atoms with Crippen molar-refractivity contribution in [3.63, 3.8) is 0 Å². The summed E-state index contributed by atoms with van der Waals surface area (Å²) >= 11 is 0. The van der Waals surface area contributed by atoms with Crippen molar-refractivity contribution in [1.82, 2.24) is 19.9 Å². The molecule has 2 aliphatic rings. The Morgan fingerprint density at radius 1 is 1.29 bits per heavy atom. The largest absolute Gasteiger partial charge is 0.436 e. The van der Waals surface area contributed by atoms with E-state index in [-0.39, 0.29) is 6.09 Å². The molecule has 34 heavy (non-hydrogen) atoms. The SMILES string of the molecule is C/C(N)=C(\c1cnc2c3ccc(C4(C)CNC(=O)O4)cc3n(CC3CCOCC3)c2c1)N(C)N. The van der Waals surface area contributed by atoms with Crippen molar-refractivity contribution in [3.05, 3.63) is 47.3 Å². The zero-order chi connectivity index (χ0) is 24.0. The van der Waals surface area contributed by atoms with Crippen molar-refractivity contribution in [2.24, 2.45) is 17.5 Å². The van der Waals surface area contributed by atoms with E-state index in [1.807, 2.05) is 26.1 Å². The number of pyridine rings is 1. The van der Waals surface area contributed by atoms with E-state index in [0.29, 0.717) is 18.2 Å². The maximum absolute atomic E-state index is 11.8. The van der Waals surface area contributed by atoms with Gasteiger partial charge in [-0.25, -0.2) is 10.6 Å². The minimum atomic E-state index is -0.710. The first kappa shape index (κ1) is 22.5. The Bertz CT molecular complexity index is 1290. The highest BCUT2D eigenvalue weighted by atomic mass is 16.6. The molecule has 9 nitrogen and oxygen atoms in total. The minimum Gasteiger partial charge on any atom is -0.436 e. The average molecular weight is 465 g/mol. The average Bonchev–Trinajstić information content (AvgIpc) is 3.31. The van der Waals surface area contributed by atoms with Crippen LogP contribution in [0.2, 0.25) is 0 Å². The van der Waals surface area contributed by atoms with Gasteiger partial charge in [-0.3, -0.25) is 4.98 Å². The Kier molecular flexibility index (Phi) is 5.61. The third-order valence-electron chi connectivity index (χ3n) is 6.98. The molecule has 0 saturated carbocycles. The number of aromatic nitrogens is 2. The van der Waals surface area contributed by atoms with Crippen molar-refractivity contribution >= 4 is 33.7 Å². The molecule has 5 N–H and O–H groups in total. The fraction of sp³-hybridized carbons (Fsp3) is 0.440. The number of carbonyl (C=O) groups is 1. The normalized spacial score (nSPS) is 22.1. The Hall–Kier alpha value is -3.30. The van der Waals surface area contributed by atoms with Crippen LogP contribution in [0.5, 0.6) is 0 Å². The predicted octanol–water partition coefficient (Wildman–Crippen LogP) is 3.02. The van der Waals surface area contributed by atoms with Gasteiger partial charge < -0.3 is 30.1 Å². The van der Waals surface area contributed by atoms with E-state index in [1.165, 1.54) is 5.01 Å². The van der Waals surface area contributed by atoms with E-state index in [9.17, 15) is 4.79 Å². The third-order valence-corrected chi connectivity index (χ3v) is 6.98. The van der Waals surface area contributed by atoms with Gasteiger partial charge in [0.15, 0.2) is 5.60 Å². The molecule has 9 heteroatoms. The van der Waals surface area contributed by atoms with Gasteiger partial charge >= 0.3 is 6.09 Å². The first-order valence-electron chi connectivity index (χ1n) is 11.7. The van der Waals surface area contributed by atoms with Gasteiger partial charge in [-0.2, -0.15) is 0 Å². The lowest BCUT2D eigenvalue weighted by Gasteiger charge is -2.24. The quantitative estimate of drug-likeness (QED) is 0.392. The standard InChI is InChI=1S/C25H32N6O3/c1-15(26)23(30(3)27)17-10-21-22(28-12-17)19-5-4-18(25(2)14-29-24(32)34-25)11-20(19)31(21)13-16-6-8-33-9-7-16/h4-5,10-12,16H,6-9,13-14,26-27H2,1-3H3,(H,29,32)/b23-15-. The first-order chi connectivity index (χ1) is 16.3. The van der Waals surface area contributed by atoms with Gasteiger partial charge in [0.25, 0.3) is 0 Å². The Morgan fingerprint density at radius 3 is 2.71 bits per heavy atom. The van der Waals surface area contributed by atoms with Gasteiger partial charge in [-0.15, -0.1) is 0 Å². The number of benzene rings is 1. The molecule has 1 unspecified atom stereocenters. The summed E-state index contributed by atoms with van der Waals surface area (Å²) in [6.07, 6.45) is 3.48. The van der Waals surface area contributed by atoms with Crippen LogP contribution < -0.4 is 16.9 Å². The molecular weight excluding hydrogens is 432 g/mol. The Balaban J connectivity index is 1.70. The highest BCUT2D eigenvalue weighted by Gasteiger charge is 2.37. The summed E-state index contributed by atoms with van der Waals surface area (Å²) in [7, 11) is 1.78. The number of allylic oxidation sites excluding steroid dienone is 1. The molecule has 4 heterocycles. The molecule has 1 amide bonds. The smallest absolute Gasteiger partial charge is 0.408 e. The number of alkyl carbamates (subject to hydrolysis) is 1. The van der Waals surface area contributed by atoms with Crippen LogP contribution in [0.25, 0.3) is 27.6 Å². The molecular formula is C25H32N6O3. The lowest BCUT2D eigenvalue weighted by molar-refractivity contribution is 0.0619. The topological polar surface area (TPSA) is 121 Å². The van der Waals surface area contributed by atoms with E-state index in [0.717, 1.165) is 71.4 Å². The fourth-order valence-electron chi connectivity index (χ4n) is 5.18. The predicted molar refractivity (Wildman–Crippen MR) is 131 cm³/mol. The molecule has 0 aliphatic carbocycles. The van der Waals surface area contributed by atoms with E-state index < -0.39 is 5.60 Å². The van der Waals surface area contributed by atoms with Gasteiger partial charge in [-0.1, -0.05) is 12.1 Å². The van der Waals surface area contributed by atoms with Crippen LogP contribution in [0.1, 0.15) is 37.8 Å². The number of rotatable bonds is 5. The van der Waals surface area contributed by atoms with Crippen molar-refractivity contribution in [2.75, 3.05) is 26.8 Å². The second-order valence-corrected chi connectivity index (χ2v) is 9.61. The van der Waals surface area contributed by atoms with E-state index >= 15 is 0 Å². The zero-order valence-electron chi connectivity index (χ0n) is 19.9. The maximum atomic E-state index is 11.8. The molecule has 2 aliphatic heterocycles. The van der Waals surface area contributed by atoms with Crippen LogP contribution in [0.4, 0.5) is 4.79 Å². The van der Waals surface area contributed by atoms with Crippen LogP contribution in [-0.2, 0) is 21.6 Å². The lowest BCUT2D eigenvalue weighted by Crippen LogP contribution is -2.26. The van der Waals surface area contributed by atoms with Crippen molar-refractivity contribution in [2.45, 2.75) is 38.8 Å². The molecule has 1 atom stereocenters. The molecule has 2 aromatic heterocycles. The maximum Gasteiger partial charge on any atom is 0.408 e. The highest BCUT2D eigenvalue weighted by molar-refractivity contribution is 6.06. The number of hydrogen-bond donors (Lipinski definition) is 3. The number of hydrogen-bond acceptors (Lipinski definition) is 7. The zero-order valence-corrected chi connectivity index (χ0v) is 19.9. The summed E-state index contributed by atoms with van der Waals surface area (Å²) in [5.41, 5.74) is 11.7. The number of nitrogens with one attached hydrogen (secondary N) is 1. The molecule has 2 saturated heterocycles. The Labute approximate surface area is 198 Å². The van der Waals surface area contributed by atoms with Crippen molar-refractivity contribution in [3.8, 4) is 0 Å². The van der Waals surface area contributed by atoms with Gasteiger partial charge in [0, 0.05) is 49.6 Å². The summed E-state index contributed by atoms with van der Waals surface area (Å²) in [5.74, 6) is 6.60. The van der Waals surface area contributed by atoms with Gasteiger partial charge in [0.05, 0.1) is 28.8 Å². The van der Waals surface area contributed by atoms with Gasteiger partial charge in [0.2, 0.25) is 0 Å². The van der Waals surface area contributed by atoms with Crippen LogP contribution in [0, 0.1) is 5.92 Å². The van der Waals surface area contributed by atoms with Crippen molar-refractivity contribution < 1.29 is 14.3 Å². The molecule has 1 aromatic carbocycles. The van der Waals surface area contributed by atoms with Crippen LogP contribution in [0.15, 0.2) is 36.2 Å². The van der Waals surface area contributed by atoms with Crippen LogP contribution in [0.3, 0.4) is 0 Å². The van der Waals surface area contributed by atoms with Crippen LogP contribution in [-0.4, -0.2) is 47.5 Å². The lowest BCUT2D eigenvalue weighted by atomic mass is 9.95. The number of ether oxygens (including phenoxy) is 2. The molecule has 5 rings (SSSR count). The number of cyclic esters (lactones) is 1. The first-order valence-corrected chi connectivity index (χ1v) is 11.7. The molecule has 0 radical (unpaired) electrons. The summed E-state index contributed by atoms with van der Waals surface area (Å²) in [6, 6.07) is 8.36. The van der Waals surface area contributed by atoms with E-state index in [2.05, 4.69) is 28.1 Å². The molecule has 0 spiro atoms. The number of nitrogens with two attached hydrogens (primary N) is 2. The minimum absolute atomic E-state index is 0.390. The molecule has 180 valence electrons. The van der Waals surface area contributed by atoms with E-state index in [1.54, 1.807) is 7.05 Å². The molecule has 3 aromatic rings. The highest BCUT2D eigenvalue weighted by Crippen LogP contribution is 2.36. The number of fused-ring (bicyclic) bond motifs is 3. The number of hydrazine groups is 1. The second kappa shape index (κ2) is 8.48. The summed E-state index contributed by atoms with van der Waals surface area (Å²) < 4.78 is 13.6. The number of amides is 1. The molecule has 2 fully saturated rings. The monoisotopic (exact) mass is 464 g/mol. The third kappa shape index (κ3) is 3.84. The van der Waals surface area contributed by atoms with E-state index in [4.69, 9.17) is 26.0 Å².